The number of carboxylic acid groups (broad SMARTS) is 1. The highest BCUT2D eigenvalue weighted by molar-refractivity contribution is 5.89. The molecular formula is C23H26N2O6. The summed E-state index contributed by atoms with van der Waals surface area (Å²) in [6, 6.07) is 14.5. The normalized spacial score (nSPS) is 14.1. The summed E-state index contributed by atoms with van der Waals surface area (Å²) < 4.78 is 5.39. The Kier molecular flexibility index (Phi) is 7.25. The van der Waals surface area contributed by atoms with Gasteiger partial charge >= 0.3 is 12.1 Å². The standard InChI is InChI=1S/C23H26N2O6/c1-14(12-26)11-24-22(29)20(10-21(27)28)25-23(30)31-13-19-17-8-4-2-6-15(17)16-7-3-5-9-18(16)19/h2-9,14,19-20,26H,10-13H2,1H3,(H,24,29)(H,25,30)(H,27,28). The van der Waals surface area contributed by atoms with Gasteiger partial charge in [-0.2, -0.15) is 0 Å². The summed E-state index contributed by atoms with van der Waals surface area (Å²) in [5.41, 5.74) is 4.28. The smallest absolute Gasteiger partial charge is 0.407 e. The fourth-order valence-electron chi connectivity index (χ4n) is 3.63. The average Bonchev–Trinajstić information content (AvgIpc) is 3.08. The zero-order chi connectivity index (χ0) is 22.4. The minimum absolute atomic E-state index is 0.0584. The molecule has 2 amide bonds. The van der Waals surface area contributed by atoms with Crippen LogP contribution in [-0.2, 0) is 14.3 Å². The molecule has 8 nitrogen and oxygen atoms in total. The van der Waals surface area contributed by atoms with Crippen LogP contribution in [-0.4, -0.2) is 54.0 Å². The summed E-state index contributed by atoms with van der Waals surface area (Å²) in [4.78, 5) is 35.8. The third-order valence-electron chi connectivity index (χ3n) is 5.27. The van der Waals surface area contributed by atoms with Crippen LogP contribution in [0.2, 0.25) is 0 Å². The predicted molar refractivity (Wildman–Crippen MR) is 114 cm³/mol. The van der Waals surface area contributed by atoms with E-state index in [1.54, 1.807) is 6.92 Å². The lowest BCUT2D eigenvalue weighted by Crippen LogP contribution is -2.49. The molecule has 1 aliphatic rings. The summed E-state index contributed by atoms with van der Waals surface area (Å²) in [5.74, 6) is -2.20. The van der Waals surface area contributed by atoms with Crippen molar-refractivity contribution in [2.45, 2.75) is 25.3 Å². The van der Waals surface area contributed by atoms with Gasteiger partial charge in [-0.1, -0.05) is 55.5 Å². The molecule has 0 aliphatic heterocycles. The number of benzene rings is 2. The molecule has 2 unspecified atom stereocenters. The van der Waals surface area contributed by atoms with Gasteiger partial charge in [-0.25, -0.2) is 4.79 Å². The number of carbonyl (C=O) groups excluding carboxylic acids is 2. The number of aliphatic carboxylic acids is 1. The maximum absolute atomic E-state index is 12.4. The van der Waals surface area contributed by atoms with Gasteiger partial charge in [0.1, 0.15) is 12.6 Å². The highest BCUT2D eigenvalue weighted by Crippen LogP contribution is 2.44. The zero-order valence-electron chi connectivity index (χ0n) is 17.2. The Bertz CT molecular complexity index is 915. The molecule has 0 fully saturated rings. The van der Waals surface area contributed by atoms with Crippen LogP contribution in [0.25, 0.3) is 11.1 Å². The molecule has 1 aliphatic carbocycles. The Labute approximate surface area is 180 Å². The molecule has 164 valence electrons. The number of carboxylic acids is 1. The van der Waals surface area contributed by atoms with Crippen LogP contribution in [0.3, 0.4) is 0 Å². The molecule has 0 saturated heterocycles. The number of fused-ring (bicyclic) bond motifs is 3. The first-order valence-corrected chi connectivity index (χ1v) is 10.1. The van der Waals surface area contributed by atoms with Crippen LogP contribution in [0.1, 0.15) is 30.4 Å². The van der Waals surface area contributed by atoms with Crippen molar-refractivity contribution in [2.24, 2.45) is 5.92 Å². The van der Waals surface area contributed by atoms with Gasteiger partial charge in [0.15, 0.2) is 0 Å². The molecule has 8 heteroatoms. The summed E-state index contributed by atoms with van der Waals surface area (Å²) >= 11 is 0. The van der Waals surface area contributed by atoms with Crippen molar-refractivity contribution in [2.75, 3.05) is 19.8 Å². The monoisotopic (exact) mass is 426 g/mol. The minimum atomic E-state index is -1.28. The van der Waals surface area contributed by atoms with E-state index < -0.39 is 30.4 Å². The van der Waals surface area contributed by atoms with E-state index in [1.165, 1.54) is 0 Å². The summed E-state index contributed by atoms with van der Waals surface area (Å²) in [6.45, 7) is 1.83. The molecule has 2 atom stereocenters. The van der Waals surface area contributed by atoms with E-state index in [1.807, 2.05) is 48.5 Å². The molecule has 0 radical (unpaired) electrons. The molecule has 31 heavy (non-hydrogen) atoms. The number of rotatable bonds is 9. The number of hydrogen-bond acceptors (Lipinski definition) is 5. The first-order valence-electron chi connectivity index (χ1n) is 10.1. The predicted octanol–water partition coefficient (Wildman–Crippen LogP) is 2.11. The third kappa shape index (κ3) is 5.40. The number of aliphatic hydroxyl groups is 1. The molecule has 0 aromatic heterocycles. The lowest BCUT2D eigenvalue weighted by Gasteiger charge is -2.19. The second kappa shape index (κ2) is 10.1. The van der Waals surface area contributed by atoms with E-state index in [2.05, 4.69) is 10.6 Å². The fourth-order valence-corrected chi connectivity index (χ4v) is 3.63. The molecule has 2 aromatic carbocycles. The molecule has 4 N–H and O–H groups in total. The molecule has 0 heterocycles. The molecule has 3 rings (SSSR count). The maximum atomic E-state index is 12.4. The number of amides is 2. The van der Waals surface area contributed by atoms with Crippen molar-refractivity contribution >= 4 is 18.0 Å². The van der Waals surface area contributed by atoms with Crippen LogP contribution < -0.4 is 10.6 Å². The van der Waals surface area contributed by atoms with Crippen molar-refractivity contribution < 1.29 is 29.3 Å². The first kappa shape index (κ1) is 22.3. The first-order chi connectivity index (χ1) is 14.9. The van der Waals surface area contributed by atoms with Crippen molar-refractivity contribution in [3.8, 4) is 11.1 Å². The van der Waals surface area contributed by atoms with Gasteiger partial charge in [-0.05, 0) is 28.2 Å². The number of ether oxygens (including phenoxy) is 1. The Morgan fingerprint density at radius 1 is 1.03 bits per heavy atom. The lowest BCUT2D eigenvalue weighted by molar-refractivity contribution is -0.139. The van der Waals surface area contributed by atoms with E-state index in [4.69, 9.17) is 14.9 Å². The third-order valence-corrected chi connectivity index (χ3v) is 5.27. The van der Waals surface area contributed by atoms with E-state index in [-0.39, 0.29) is 31.6 Å². The number of nitrogens with one attached hydrogen (secondary N) is 2. The SMILES string of the molecule is CC(CO)CNC(=O)C(CC(=O)O)NC(=O)OCC1c2ccccc2-c2ccccc21. The minimum Gasteiger partial charge on any atom is -0.481 e. The van der Waals surface area contributed by atoms with Crippen LogP contribution in [0.4, 0.5) is 4.79 Å². The quantitative estimate of drug-likeness (QED) is 0.487. The molecule has 0 bridgehead atoms. The molecular weight excluding hydrogens is 400 g/mol. The van der Waals surface area contributed by atoms with Gasteiger partial charge in [0.25, 0.3) is 0 Å². The van der Waals surface area contributed by atoms with Gasteiger partial charge in [0, 0.05) is 19.1 Å². The van der Waals surface area contributed by atoms with E-state index in [0.717, 1.165) is 22.3 Å². The van der Waals surface area contributed by atoms with Gasteiger partial charge in [-0.15, -0.1) is 0 Å². The summed E-state index contributed by atoms with van der Waals surface area (Å²) in [7, 11) is 0. The van der Waals surface area contributed by atoms with Crippen molar-refractivity contribution in [3.05, 3.63) is 59.7 Å². The number of aliphatic hydroxyl groups excluding tert-OH is 1. The molecule has 0 spiro atoms. The Morgan fingerprint density at radius 2 is 1.61 bits per heavy atom. The van der Waals surface area contributed by atoms with Gasteiger partial charge in [-0.3, -0.25) is 9.59 Å². The maximum Gasteiger partial charge on any atom is 0.407 e. The van der Waals surface area contributed by atoms with Crippen LogP contribution in [0.15, 0.2) is 48.5 Å². The topological polar surface area (TPSA) is 125 Å². The largest absolute Gasteiger partial charge is 0.481 e. The number of carbonyl (C=O) groups is 3. The molecule has 2 aromatic rings. The zero-order valence-corrected chi connectivity index (χ0v) is 17.2. The fraction of sp³-hybridized carbons (Fsp3) is 0.348. The summed E-state index contributed by atoms with van der Waals surface area (Å²) in [6.07, 6.45) is -1.44. The van der Waals surface area contributed by atoms with E-state index in [0.29, 0.717) is 0 Å². The van der Waals surface area contributed by atoms with Crippen LogP contribution in [0, 0.1) is 5.92 Å². The number of alkyl carbamates (subject to hydrolysis) is 1. The molecule has 0 saturated carbocycles. The number of hydrogen-bond donors (Lipinski definition) is 4. The van der Waals surface area contributed by atoms with Crippen LogP contribution in [0.5, 0.6) is 0 Å². The highest BCUT2D eigenvalue weighted by Gasteiger charge is 2.30. The van der Waals surface area contributed by atoms with Gasteiger partial charge in [0.05, 0.1) is 6.42 Å². The van der Waals surface area contributed by atoms with Crippen molar-refractivity contribution in [3.63, 3.8) is 0 Å². The second-order valence-electron chi connectivity index (χ2n) is 7.65. The average molecular weight is 426 g/mol. The Hall–Kier alpha value is -3.39. The van der Waals surface area contributed by atoms with E-state index >= 15 is 0 Å². The Morgan fingerprint density at radius 3 is 2.16 bits per heavy atom. The van der Waals surface area contributed by atoms with E-state index in [9.17, 15) is 14.4 Å². The Balaban J connectivity index is 1.64. The van der Waals surface area contributed by atoms with Crippen LogP contribution >= 0.6 is 0 Å². The lowest BCUT2D eigenvalue weighted by atomic mass is 9.98. The van der Waals surface area contributed by atoms with Crippen molar-refractivity contribution in [1.29, 1.82) is 0 Å². The summed E-state index contributed by atoms with van der Waals surface area (Å²) in [5, 5.41) is 23.0. The van der Waals surface area contributed by atoms with Crippen molar-refractivity contribution in [1.82, 2.24) is 10.6 Å². The van der Waals surface area contributed by atoms with Gasteiger partial charge < -0.3 is 25.6 Å². The second-order valence-corrected chi connectivity index (χ2v) is 7.65. The van der Waals surface area contributed by atoms with Gasteiger partial charge in [0.2, 0.25) is 5.91 Å². The highest BCUT2D eigenvalue weighted by atomic mass is 16.5.